The molecule has 0 aromatic heterocycles. The second-order valence-corrected chi connectivity index (χ2v) is 5.64. The molecule has 0 atom stereocenters. The second kappa shape index (κ2) is 5.71. The van der Waals surface area contributed by atoms with Crippen molar-refractivity contribution in [2.45, 2.75) is 13.3 Å². The molecule has 0 amide bonds. The summed E-state index contributed by atoms with van der Waals surface area (Å²) in [5.74, 6) is 0.133. The van der Waals surface area contributed by atoms with Crippen LogP contribution in [0.5, 0.6) is 0 Å². The number of halogens is 1. The zero-order valence-corrected chi connectivity index (χ0v) is 12.5. The fourth-order valence-corrected chi connectivity index (χ4v) is 2.70. The van der Waals surface area contributed by atoms with Gasteiger partial charge in [-0.15, -0.1) is 0 Å². The van der Waals surface area contributed by atoms with Crippen LogP contribution in [-0.4, -0.2) is 5.78 Å². The van der Waals surface area contributed by atoms with Gasteiger partial charge in [-0.2, -0.15) is 0 Å². The Morgan fingerprint density at radius 3 is 2.29 bits per heavy atom. The van der Waals surface area contributed by atoms with Crippen LogP contribution in [0.15, 0.2) is 60.7 Å². The Bertz CT molecular complexity index is 803. The summed E-state index contributed by atoms with van der Waals surface area (Å²) in [6, 6.07) is 19.4. The summed E-state index contributed by atoms with van der Waals surface area (Å²) in [7, 11) is 0. The first-order chi connectivity index (χ1) is 10.1. The summed E-state index contributed by atoms with van der Waals surface area (Å²) in [5, 5.41) is 2.85. The van der Waals surface area contributed by atoms with E-state index in [1.165, 1.54) is 5.56 Å². The van der Waals surface area contributed by atoms with Crippen LogP contribution in [0.3, 0.4) is 0 Å². The molecule has 0 aliphatic rings. The van der Waals surface area contributed by atoms with E-state index < -0.39 is 0 Å². The topological polar surface area (TPSA) is 17.1 Å². The molecular formula is C19H15ClO. The predicted octanol–water partition coefficient (Wildman–Crippen LogP) is 5.23. The molecule has 3 aromatic carbocycles. The number of hydrogen-bond acceptors (Lipinski definition) is 1. The lowest BCUT2D eigenvalue weighted by molar-refractivity contribution is 0.0994. The number of rotatable bonds is 3. The Morgan fingerprint density at radius 1 is 0.905 bits per heavy atom. The molecule has 0 saturated carbocycles. The van der Waals surface area contributed by atoms with Crippen LogP contribution in [0.4, 0.5) is 0 Å². The van der Waals surface area contributed by atoms with E-state index in [0.29, 0.717) is 11.4 Å². The van der Waals surface area contributed by atoms with Crippen molar-refractivity contribution in [3.8, 4) is 0 Å². The number of aryl methyl sites for hydroxylation is 1. The largest absolute Gasteiger partial charge is 0.294 e. The minimum Gasteiger partial charge on any atom is -0.294 e. The first-order valence-electron chi connectivity index (χ1n) is 6.91. The fraction of sp³-hybridized carbons (Fsp3) is 0.105. The van der Waals surface area contributed by atoms with Crippen LogP contribution < -0.4 is 0 Å². The summed E-state index contributed by atoms with van der Waals surface area (Å²) < 4.78 is 0. The Morgan fingerprint density at radius 2 is 1.57 bits per heavy atom. The number of fused-ring (bicyclic) bond motifs is 1. The van der Waals surface area contributed by atoms with Gasteiger partial charge in [-0.1, -0.05) is 60.1 Å². The van der Waals surface area contributed by atoms with E-state index in [9.17, 15) is 4.79 Å². The van der Waals surface area contributed by atoms with Gasteiger partial charge in [0.05, 0.1) is 0 Å². The maximum atomic E-state index is 12.6. The van der Waals surface area contributed by atoms with E-state index in [-0.39, 0.29) is 5.78 Å². The lowest BCUT2D eigenvalue weighted by Crippen LogP contribution is -2.04. The van der Waals surface area contributed by atoms with Gasteiger partial charge in [0.25, 0.3) is 0 Å². The van der Waals surface area contributed by atoms with Gasteiger partial charge in [-0.25, -0.2) is 0 Å². The van der Waals surface area contributed by atoms with Crippen LogP contribution in [-0.2, 0) is 6.42 Å². The second-order valence-electron chi connectivity index (χ2n) is 5.20. The van der Waals surface area contributed by atoms with Crippen molar-refractivity contribution in [3.63, 3.8) is 0 Å². The highest BCUT2D eigenvalue weighted by atomic mass is 35.5. The molecule has 0 spiro atoms. The SMILES string of the molecule is Cc1ccc(C(=O)Cc2ccc(Cl)cc2)c2ccccc12. The number of carbonyl (C=O) groups is 1. The molecule has 2 heteroatoms. The summed E-state index contributed by atoms with van der Waals surface area (Å²) in [6.45, 7) is 2.07. The number of benzene rings is 3. The average Bonchev–Trinajstić information content (AvgIpc) is 2.50. The smallest absolute Gasteiger partial charge is 0.167 e. The normalized spacial score (nSPS) is 10.8. The third-order valence-corrected chi connectivity index (χ3v) is 3.97. The van der Waals surface area contributed by atoms with Crippen LogP contribution in [0.2, 0.25) is 5.02 Å². The quantitative estimate of drug-likeness (QED) is 0.605. The predicted molar refractivity (Wildman–Crippen MR) is 88.2 cm³/mol. The minimum absolute atomic E-state index is 0.133. The summed E-state index contributed by atoms with van der Waals surface area (Å²) in [5.41, 5.74) is 2.95. The Kier molecular flexibility index (Phi) is 3.76. The van der Waals surface area contributed by atoms with Crippen molar-refractivity contribution in [1.29, 1.82) is 0 Å². The molecule has 0 fully saturated rings. The molecule has 3 rings (SSSR count). The van der Waals surface area contributed by atoms with Crippen molar-refractivity contribution >= 4 is 28.2 Å². The molecule has 0 aliphatic carbocycles. The number of carbonyl (C=O) groups excluding carboxylic acids is 1. The summed E-state index contributed by atoms with van der Waals surface area (Å²) in [4.78, 5) is 12.6. The van der Waals surface area contributed by atoms with Crippen molar-refractivity contribution in [1.82, 2.24) is 0 Å². The molecule has 0 saturated heterocycles. The highest BCUT2D eigenvalue weighted by Crippen LogP contribution is 2.23. The van der Waals surface area contributed by atoms with Gasteiger partial charge in [0.2, 0.25) is 0 Å². The average molecular weight is 295 g/mol. The molecule has 104 valence electrons. The van der Waals surface area contributed by atoms with Crippen LogP contribution in [0.1, 0.15) is 21.5 Å². The first-order valence-corrected chi connectivity index (χ1v) is 7.29. The van der Waals surface area contributed by atoms with Crippen LogP contribution in [0.25, 0.3) is 10.8 Å². The zero-order valence-electron chi connectivity index (χ0n) is 11.8. The maximum absolute atomic E-state index is 12.6. The van der Waals surface area contributed by atoms with Gasteiger partial charge in [-0.05, 0) is 41.0 Å². The number of ketones is 1. The highest BCUT2D eigenvalue weighted by Gasteiger charge is 2.11. The molecule has 0 N–H and O–H groups in total. The maximum Gasteiger partial charge on any atom is 0.167 e. The van der Waals surface area contributed by atoms with Gasteiger partial charge < -0.3 is 0 Å². The van der Waals surface area contributed by atoms with Gasteiger partial charge in [0.15, 0.2) is 5.78 Å². The molecule has 1 nitrogen and oxygen atoms in total. The van der Waals surface area contributed by atoms with E-state index in [1.54, 1.807) is 0 Å². The van der Waals surface area contributed by atoms with E-state index in [4.69, 9.17) is 11.6 Å². The molecule has 3 aromatic rings. The molecule has 0 unspecified atom stereocenters. The summed E-state index contributed by atoms with van der Waals surface area (Å²) in [6.07, 6.45) is 0.393. The Labute approximate surface area is 129 Å². The van der Waals surface area contributed by atoms with E-state index in [0.717, 1.165) is 21.9 Å². The highest BCUT2D eigenvalue weighted by molar-refractivity contribution is 6.30. The standard InChI is InChI=1S/C19H15ClO/c1-13-6-11-18(17-5-3-2-4-16(13)17)19(21)12-14-7-9-15(20)10-8-14/h2-11H,12H2,1H3. The third-order valence-electron chi connectivity index (χ3n) is 3.72. The molecule has 0 aliphatic heterocycles. The van der Waals surface area contributed by atoms with Crippen LogP contribution in [0, 0.1) is 6.92 Å². The summed E-state index contributed by atoms with van der Waals surface area (Å²) >= 11 is 5.88. The Hall–Kier alpha value is -2.12. The van der Waals surface area contributed by atoms with Crippen molar-refractivity contribution in [3.05, 3.63) is 82.4 Å². The zero-order chi connectivity index (χ0) is 14.8. The molecule has 21 heavy (non-hydrogen) atoms. The van der Waals surface area contributed by atoms with Gasteiger partial charge in [0, 0.05) is 17.0 Å². The number of hydrogen-bond donors (Lipinski definition) is 0. The van der Waals surface area contributed by atoms with E-state index in [1.807, 2.05) is 54.6 Å². The van der Waals surface area contributed by atoms with Gasteiger partial charge in [-0.3, -0.25) is 4.79 Å². The van der Waals surface area contributed by atoms with E-state index >= 15 is 0 Å². The van der Waals surface area contributed by atoms with E-state index in [2.05, 4.69) is 13.0 Å². The lowest BCUT2D eigenvalue weighted by atomic mass is 9.95. The fourth-order valence-electron chi connectivity index (χ4n) is 2.58. The molecule has 0 bridgehead atoms. The van der Waals surface area contributed by atoms with Crippen LogP contribution >= 0.6 is 11.6 Å². The first kappa shape index (κ1) is 13.8. The van der Waals surface area contributed by atoms with Gasteiger partial charge >= 0.3 is 0 Å². The molecule has 0 radical (unpaired) electrons. The minimum atomic E-state index is 0.133. The molecule has 0 heterocycles. The number of Topliss-reactive ketones (excluding diaryl/α,β-unsaturated/α-hetero) is 1. The van der Waals surface area contributed by atoms with Gasteiger partial charge in [0.1, 0.15) is 0 Å². The van der Waals surface area contributed by atoms with Crippen molar-refractivity contribution in [2.24, 2.45) is 0 Å². The van der Waals surface area contributed by atoms with Crippen molar-refractivity contribution in [2.75, 3.05) is 0 Å². The van der Waals surface area contributed by atoms with Crippen molar-refractivity contribution < 1.29 is 4.79 Å². The third kappa shape index (κ3) is 2.84. The molecular weight excluding hydrogens is 280 g/mol. The lowest BCUT2D eigenvalue weighted by Gasteiger charge is -2.08. The Balaban J connectivity index is 1.98. The monoisotopic (exact) mass is 294 g/mol.